The van der Waals surface area contributed by atoms with Crippen LogP contribution in [-0.2, 0) is 18.9 Å². The second-order valence-corrected chi connectivity index (χ2v) is 5.55. The lowest BCUT2D eigenvalue weighted by molar-refractivity contribution is -0.592. The molecule has 218 valence electrons. The van der Waals surface area contributed by atoms with Gasteiger partial charge in [-0.15, -0.1) is 26.3 Å². The molecular weight excluding hydrogens is 602 g/mol. The SMILES string of the molecule is FC(F)(F)OC(F)(F)C(F)(F)OC(F)(C(F)(F)F)C(F)(OC(F)(F)C(F)(F)OC(F)(F)F)C(F)(F)F. The van der Waals surface area contributed by atoms with Crippen molar-refractivity contribution in [1.82, 2.24) is 0 Å². The number of hydrogen-bond acceptors (Lipinski definition) is 4. The van der Waals surface area contributed by atoms with E-state index in [-0.39, 0.29) is 0 Å². The second kappa shape index (κ2) is 8.95. The monoisotopic (exact) mass is 602 g/mol. The summed E-state index contributed by atoms with van der Waals surface area (Å²) < 4.78 is 283. The third-order valence-electron chi connectivity index (χ3n) is 2.85. The van der Waals surface area contributed by atoms with Crippen molar-refractivity contribution < 1.29 is 116 Å². The van der Waals surface area contributed by atoms with E-state index in [1.54, 1.807) is 0 Å². The highest BCUT2D eigenvalue weighted by Gasteiger charge is 2.89. The first-order valence-electron chi connectivity index (χ1n) is 7.04. The molecule has 0 aromatic carbocycles. The van der Waals surface area contributed by atoms with Crippen LogP contribution in [-0.4, -0.2) is 61.2 Å². The quantitative estimate of drug-likeness (QED) is 0.269. The Morgan fingerprint density at radius 3 is 0.556 bits per heavy atom. The molecule has 0 aliphatic rings. The van der Waals surface area contributed by atoms with Gasteiger partial charge in [0, 0.05) is 0 Å². The maximum Gasteiger partial charge on any atom is 0.527 e. The van der Waals surface area contributed by atoms with Gasteiger partial charge >= 0.3 is 61.2 Å². The number of alkyl halides is 22. The second-order valence-electron chi connectivity index (χ2n) is 5.55. The Morgan fingerprint density at radius 2 is 0.417 bits per heavy atom. The van der Waals surface area contributed by atoms with Crippen LogP contribution in [0.4, 0.5) is 96.6 Å². The fraction of sp³-hybridized carbons (Fsp3) is 1.00. The molecular formula is C10F22O4. The van der Waals surface area contributed by atoms with Crippen LogP contribution in [0.5, 0.6) is 0 Å². The molecule has 0 aliphatic carbocycles. The minimum absolute atomic E-state index is 1.09. The normalized spacial score (nSPS) is 19.2. The predicted molar refractivity (Wildman–Crippen MR) is 56.0 cm³/mol. The molecule has 0 bridgehead atoms. The lowest BCUT2D eigenvalue weighted by atomic mass is 10.1. The van der Waals surface area contributed by atoms with Gasteiger partial charge in [-0.05, 0) is 0 Å². The first-order chi connectivity index (χ1) is 15.1. The molecule has 26 heteroatoms. The van der Waals surface area contributed by atoms with Crippen LogP contribution in [0.3, 0.4) is 0 Å². The van der Waals surface area contributed by atoms with E-state index in [4.69, 9.17) is 0 Å². The van der Waals surface area contributed by atoms with Crippen LogP contribution in [0.1, 0.15) is 0 Å². The van der Waals surface area contributed by atoms with Crippen LogP contribution < -0.4 is 0 Å². The molecule has 0 amide bonds. The van der Waals surface area contributed by atoms with E-state index in [0.29, 0.717) is 0 Å². The highest BCUT2D eigenvalue weighted by Crippen LogP contribution is 2.59. The molecule has 0 fully saturated rings. The summed E-state index contributed by atoms with van der Waals surface area (Å²) in [5.41, 5.74) is 0. The van der Waals surface area contributed by atoms with Gasteiger partial charge in [0.25, 0.3) is 0 Å². The highest BCUT2D eigenvalue weighted by atomic mass is 19.4. The third-order valence-corrected chi connectivity index (χ3v) is 2.85. The van der Waals surface area contributed by atoms with E-state index < -0.39 is 61.2 Å². The van der Waals surface area contributed by atoms with Gasteiger partial charge in [-0.1, -0.05) is 0 Å². The van der Waals surface area contributed by atoms with Gasteiger partial charge < -0.3 is 0 Å². The summed E-state index contributed by atoms with van der Waals surface area (Å²) in [5.74, 6) is -17.4. The van der Waals surface area contributed by atoms with Crippen molar-refractivity contribution in [3.05, 3.63) is 0 Å². The molecule has 36 heavy (non-hydrogen) atoms. The zero-order valence-corrected chi connectivity index (χ0v) is 14.9. The summed E-state index contributed by atoms with van der Waals surface area (Å²) in [6.07, 6.45) is -62.8. The van der Waals surface area contributed by atoms with Crippen molar-refractivity contribution in [2.75, 3.05) is 0 Å². The van der Waals surface area contributed by atoms with Gasteiger partial charge in [-0.3, -0.25) is 9.47 Å². The van der Waals surface area contributed by atoms with Crippen molar-refractivity contribution in [3.63, 3.8) is 0 Å². The molecule has 0 saturated carbocycles. The first kappa shape index (κ1) is 34.3. The molecule has 0 aliphatic heterocycles. The van der Waals surface area contributed by atoms with Crippen LogP contribution >= 0.6 is 0 Å². The number of ether oxygens (including phenoxy) is 4. The maximum absolute atomic E-state index is 14.0. The summed E-state index contributed by atoms with van der Waals surface area (Å²) in [6.45, 7) is 0. The van der Waals surface area contributed by atoms with E-state index in [9.17, 15) is 96.6 Å². The fourth-order valence-electron chi connectivity index (χ4n) is 1.49. The lowest BCUT2D eigenvalue weighted by Crippen LogP contribution is -2.72. The summed E-state index contributed by atoms with van der Waals surface area (Å²) >= 11 is 0. The van der Waals surface area contributed by atoms with E-state index in [1.807, 2.05) is 0 Å². The maximum atomic E-state index is 14.0. The highest BCUT2D eigenvalue weighted by molar-refractivity contribution is 5.01. The molecule has 0 aromatic rings. The van der Waals surface area contributed by atoms with Gasteiger partial charge in [-0.2, -0.15) is 70.2 Å². The Bertz CT molecular complexity index is 697. The van der Waals surface area contributed by atoms with Crippen LogP contribution in [0.25, 0.3) is 0 Å². The smallest absolute Gasteiger partial charge is 0.263 e. The Kier molecular flexibility index (Phi) is 8.53. The zero-order valence-electron chi connectivity index (χ0n) is 14.9. The molecule has 0 saturated heterocycles. The number of rotatable bonds is 9. The van der Waals surface area contributed by atoms with Crippen LogP contribution in [0, 0.1) is 0 Å². The van der Waals surface area contributed by atoms with Gasteiger partial charge in [0.1, 0.15) is 0 Å². The van der Waals surface area contributed by atoms with Crippen LogP contribution in [0.2, 0.25) is 0 Å². The van der Waals surface area contributed by atoms with Crippen molar-refractivity contribution in [2.24, 2.45) is 0 Å². The molecule has 0 heterocycles. The zero-order chi connectivity index (χ0) is 29.8. The fourth-order valence-corrected chi connectivity index (χ4v) is 1.49. The average molecular weight is 602 g/mol. The predicted octanol–water partition coefficient (Wildman–Crippen LogP) is 6.92. The molecule has 2 atom stereocenters. The Morgan fingerprint density at radius 1 is 0.250 bits per heavy atom. The van der Waals surface area contributed by atoms with E-state index >= 15 is 0 Å². The minimum Gasteiger partial charge on any atom is -0.263 e. The Balaban J connectivity index is 7.02. The minimum atomic E-state index is -8.70. The van der Waals surface area contributed by atoms with E-state index in [1.165, 1.54) is 0 Å². The van der Waals surface area contributed by atoms with Crippen LogP contribution in [0.15, 0.2) is 0 Å². The van der Waals surface area contributed by atoms with E-state index in [2.05, 4.69) is 0 Å². The van der Waals surface area contributed by atoms with Crippen molar-refractivity contribution in [1.29, 1.82) is 0 Å². The van der Waals surface area contributed by atoms with Crippen molar-refractivity contribution in [3.8, 4) is 0 Å². The van der Waals surface area contributed by atoms with Crippen molar-refractivity contribution >= 4 is 0 Å². The topological polar surface area (TPSA) is 36.9 Å². The third kappa shape index (κ3) is 6.99. The lowest BCUT2D eigenvalue weighted by Gasteiger charge is -2.43. The molecule has 4 nitrogen and oxygen atoms in total. The Hall–Kier alpha value is -1.70. The Labute approximate surface area is 178 Å². The van der Waals surface area contributed by atoms with Gasteiger partial charge in [0.15, 0.2) is 0 Å². The molecule has 0 rings (SSSR count). The van der Waals surface area contributed by atoms with Gasteiger partial charge in [0.05, 0.1) is 0 Å². The number of halogens is 22. The molecule has 0 radical (unpaired) electrons. The molecule has 0 spiro atoms. The standard InChI is InChI=1S/C10F22O4/c11-1(3(13,14)15,33-5(19,20)7(23,24)35-9(27,28)29)2(12,4(16,17)18)34-6(21,22)8(25,26)36-10(30,31)32. The molecule has 0 N–H and O–H groups in total. The molecule has 2 unspecified atom stereocenters. The van der Waals surface area contributed by atoms with Gasteiger partial charge in [0.2, 0.25) is 0 Å². The summed E-state index contributed by atoms with van der Waals surface area (Å²) in [5, 5.41) is 0. The van der Waals surface area contributed by atoms with Crippen molar-refractivity contribution in [2.45, 2.75) is 61.2 Å². The van der Waals surface area contributed by atoms with Gasteiger partial charge in [-0.25, -0.2) is 9.47 Å². The summed E-state index contributed by atoms with van der Waals surface area (Å²) in [6, 6.07) is 0. The first-order valence-corrected chi connectivity index (χ1v) is 7.04. The van der Waals surface area contributed by atoms with E-state index in [0.717, 1.165) is 18.9 Å². The number of hydrogen-bond donors (Lipinski definition) is 0. The largest absolute Gasteiger partial charge is 0.527 e. The summed E-state index contributed by atoms with van der Waals surface area (Å²) in [4.78, 5) is 0. The molecule has 0 aromatic heterocycles. The average Bonchev–Trinajstić information content (AvgIpc) is 2.46. The summed E-state index contributed by atoms with van der Waals surface area (Å²) in [7, 11) is 0.